The summed E-state index contributed by atoms with van der Waals surface area (Å²) in [4.78, 5) is 9.87. The van der Waals surface area contributed by atoms with Crippen LogP contribution in [0.3, 0.4) is 0 Å². The van der Waals surface area contributed by atoms with Crippen LogP contribution >= 0.6 is 11.3 Å². The van der Waals surface area contributed by atoms with Crippen molar-refractivity contribution in [3.63, 3.8) is 0 Å². The molecule has 2 fully saturated rings. The number of piperazine rings is 1. The number of para-hydroxylation sites is 1. The van der Waals surface area contributed by atoms with E-state index in [0.717, 1.165) is 54.8 Å². The highest BCUT2D eigenvalue weighted by atomic mass is 32.1. The van der Waals surface area contributed by atoms with Crippen LogP contribution in [0.5, 0.6) is 0 Å². The first-order valence-corrected chi connectivity index (χ1v) is 10.3. The van der Waals surface area contributed by atoms with Crippen LogP contribution in [0.1, 0.15) is 12.2 Å². The van der Waals surface area contributed by atoms with Gasteiger partial charge in [0.05, 0.1) is 16.8 Å². The molecular formula is C20H24N4OS. The number of hydrogen-bond acceptors (Lipinski definition) is 6. The van der Waals surface area contributed by atoms with Gasteiger partial charge in [-0.1, -0.05) is 12.1 Å². The summed E-state index contributed by atoms with van der Waals surface area (Å²) in [7, 11) is 0. The molecule has 0 bridgehead atoms. The molecule has 26 heavy (non-hydrogen) atoms. The number of aromatic nitrogens is 1. The van der Waals surface area contributed by atoms with E-state index in [4.69, 9.17) is 9.40 Å². The predicted molar refractivity (Wildman–Crippen MR) is 105 cm³/mol. The lowest BCUT2D eigenvalue weighted by molar-refractivity contribution is 0.168. The van der Waals surface area contributed by atoms with Gasteiger partial charge in [-0.25, -0.2) is 4.98 Å². The Bertz CT molecular complexity index is 850. The Morgan fingerprint density at radius 2 is 2.00 bits per heavy atom. The van der Waals surface area contributed by atoms with E-state index in [0.29, 0.717) is 6.04 Å². The molecule has 136 valence electrons. The fourth-order valence-electron chi connectivity index (χ4n) is 4.08. The first-order chi connectivity index (χ1) is 12.8. The van der Waals surface area contributed by atoms with Gasteiger partial charge in [0, 0.05) is 45.3 Å². The predicted octanol–water partition coefficient (Wildman–Crippen LogP) is 3.04. The third kappa shape index (κ3) is 3.30. The number of furan rings is 1. The molecular weight excluding hydrogens is 344 g/mol. The molecule has 1 N–H and O–H groups in total. The maximum Gasteiger partial charge on any atom is 0.163 e. The van der Waals surface area contributed by atoms with Gasteiger partial charge in [0.1, 0.15) is 5.76 Å². The monoisotopic (exact) mass is 368 g/mol. The number of fused-ring (bicyclic) bond motifs is 1. The molecule has 2 saturated heterocycles. The topological polar surface area (TPSA) is 44.5 Å². The van der Waals surface area contributed by atoms with Crippen molar-refractivity contribution < 1.29 is 4.42 Å². The standard InChI is InChI=1S/C20H24N4OS/c1-2-4-19-17(3-1)22-20(26-19)18-6-5-16(25-18)14-23-10-7-15(13-23)24-11-8-21-9-12-24/h1-6,15,21H,7-14H2. The van der Waals surface area contributed by atoms with Crippen molar-refractivity contribution in [2.75, 3.05) is 39.3 Å². The van der Waals surface area contributed by atoms with Crippen LogP contribution in [0.15, 0.2) is 40.8 Å². The number of benzene rings is 1. The van der Waals surface area contributed by atoms with E-state index in [2.05, 4.69) is 45.4 Å². The Kier molecular flexibility index (Phi) is 4.50. The number of nitrogens with zero attached hydrogens (tertiary/aromatic N) is 3. The van der Waals surface area contributed by atoms with Crippen LogP contribution in [0.25, 0.3) is 21.0 Å². The van der Waals surface area contributed by atoms with Crippen molar-refractivity contribution in [3.8, 4) is 10.8 Å². The summed E-state index contributed by atoms with van der Waals surface area (Å²) >= 11 is 1.69. The van der Waals surface area contributed by atoms with Gasteiger partial charge in [0.15, 0.2) is 10.8 Å². The summed E-state index contributed by atoms with van der Waals surface area (Å²) in [5.74, 6) is 1.93. The molecule has 6 heteroatoms. The van der Waals surface area contributed by atoms with E-state index in [9.17, 15) is 0 Å². The molecule has 0 aliphatic carbocycles. The minimum Gasteiger partial charge on any atom is -0.457 e. The molecule has 0 radical (unpaired) electrons. The molecule has 3 aromatic rings. The zero-order valence-corrected chi connectivity index (χ0v) is 15.7. The molecule has 0 saturated carbocycles. The summed E-state index contributed by atoms with van der Waals surface area (Å²) in [6.45, 7) is 7.82. The summed E-state index contributed by atoms with van der Waals surface area (Å²) < 4.78 is 7.33. The lowest BCUT2D eigenvalue weighted by Gasteiger charge is -2.32. The summed E-state index contributed by atoms with van der Waals surface area (Å²) in [6, 6.07) is 13.1. The minimum atomic E-state index is 0.704. The lowest BCUT2D eigenvalue weighted by atomic mass is 10.2. The van der Waals surface area contributed by atoms with Crippen molar-refractivity contribution in [2.45, 2.75) is 19.0 Å². The van der Waals surface area contributed by atoms with Crippen molar-refractivity contribution in [3.05, 3.63) is 42.2 Å². The molecule has 2 aromatic heterocycles. The van der Waals surface area contributed by atoms with Crippen LogP contribution in [-0.2, 0) is 6.54 Å². The molecule has 5 nitrogen and oxygen atoms in total. The first-order valence-electron chi connectivity index (χ1n) is 9.47. The third-order valence-corrected chi connectivity index (χ3v) is 6.51. The minimum absolute atomic E-state index is 0.704. The Balaban J connectivity index is 1.24. The van der Waals surface area contributed by atoms with Crippen molar-refractivity contribution in [1.82, 2.24) is 20.1 Å². The Labute approximate surface area is 157 Å². The van der Waals surface area contributed by atoms with E-state index in [-0.39, 0.29) is 0 Å². The largest absolute Gasteiger partial charge is 0.457 e. The zero-order valence-electron chi connectivity index (χ0n) is 14.9. The quantitative estimate of drug-likeness (QED) is 0.767. The van der Waals surface area contributed by atoms with Gasteiger partial charge in [-0.05, 0) is 30.7 Å². The second kappa shape index (κ2) is 7.12. The molecule has 2 aliphatic rings. The molecule has 1 aromatic carbocycles. The highest BCUT2D eigenvalue weighted by molar-refractivity contribution is 7.21. The summed E-state index contributed by atoms with van der Waals surface area (Å²) in [6.07, 6.45) is 1.27. The Morgan fingerprint density at radius 1 is 1.12 bits per heavy atom. The SMILES string of the molecule is c1ccc2sc(-c3ccc(CN4CCC(N5CCNCC5)C4)o3)nc2c1. The first kappa shape index (κ1) is 16.4. The zero-order chi connectivity index (χ0) is 17.3. The van der Waals surface area contributed by atoms with Crippen molar-refractivity contribution >= 4 is 21.6 Å². The van der Waals surface area contributed by atoms with Gasteiger partial charge in [-0.2, -0.15) is 0 Å². The lowest BCUT2D eigenvalue weighted by Crippen LogP contribution is -2.49. The summed E-state index contributed by atoms with van der Waals surface area (Å²) in [5.41, 5.74) is 1.05. The molecule has 4 heterocycles. The third-order valence-electron chi connectivity index (χ3n) is 5.46. The number of hydrogen-bond donors (Lipinski definition) is 1. The Morgan fingerprint density at radius 3 is 2.88 bits per heavy atom. The summed E-state index contributed by atoms with van der Waals surface area (Å²) in [5, 5.41) is 4.41. The normalized spacial score (nSPS) is 22.4. The van der Waals surface area contributed by atoms with Gasteiger partial charge >= 0.3 is 0 Å². The van der Waals surface area contributed by atoms with Gasteiger partial charge in [0.25, 0.3) is 0 Å². The molecule has 5 rings (SSSR count). The second-order valence-corrected chi connectivity index (χ2v) is 8.25. The van der Waals surface area contributed by atoms with E-state index in [1.165, 1.54) is 24.2 Å². The van der Waals surface area contributed by atoms with Gasteiger partial charge in [-0.3, -0.25) is 9.80 Å². The molecule has 0 spiro atoms. The van der Waals surface area contributed by atoms with Crippen LogP contribution < -0.4 is 5.32 Å². The Hall–Kier alpha value is -1.73. The number of likely N-dealkylation sites (tertiary alicyclic amines) is 1. The molecule has 0 amide bonds. The maximum atomic E-state index is 6.12. The fraction of sp³-hybridized carbons (Fsp3) is 0.450. The molecule has 2 aliphatic heterocycles. The highest BCUT2D eigenvalue weighted by Crippen LogP contribution is 2.31. The molecule has 1 atom stereocenters. The van der Waals surface area contributed by atoms with E-state index in [1.54, 1.807) is 11.3 Å². The van der Waals surface area contributed by atoms with Gasteiger partial charge in [0.2, 0.25) is 0 Å². The smallest absolute Gasteiger partial charge is 0.163 e. The van der Waals surface area contributed by atoms with Crippen molar-refractivity contribution in [1.29, 1.82) is 0 Å². The van der Waals surface area contributed by atoms with Crippen LogP contribution in [-0.4, -0.2) is 60.1 Å². The maximum absolute atomic E-state index is 6.12. The van der Waals surface area contributed by atoms with Gasteiger partial charge in [-0.15, -0.1) is 11.3 Å². The highest BCUT2D eigenvalue weighted by Gasteiger charge is 2.28. The average Bonchev–Trinajstić information content (AvgIpc) is 3.42. The fourth-order valence-corrected chi connectivity index (χ4v) is 5.00. The van der Waals surface area contributed by atoms with E-state index in [1.807, 2.05) is 6.07 Å². The van der Waals surface area contributed by atoms with Crippen molar-refractivity contribution in [2.24, 2.45) is 0 Å². The van der Waals surface area contributed by atoms with E-state index >= 15 is 0 Å². The van der Waals surface area contributed by atoms with Crippen LogP contribution in [0.4, 0.5) is 0 Å². The second-order valence-electron chi connectivity index (χ2n) is 7.22. The average molecular weight is 369 g/mol. The van der Waals surface area contributed by atoms with Gasteiger partial charge < -0.3 is 9.73 Å². The van der Waals surface area contributed by atoms with Crippen LogP contribution in [0, 0.1) is 0 Å². The number of nitrogens with one attached hydrogen (secondary N) is 1. The van der Waals surface area contributed by atoms with Crippen LogP contribution in [0.2, 0.25) is 0 Å². The van der Waals surface area contributed by atoms with E-state index < -0.39 is 0 Å². The number of rotatable bonds is 4. The number of thiazole rings is 1. The molecule has 1 unspecified atom stereocenters.